The Morgan fingerprint density at radius 2 is 1.48 bits per heavy atom. The Bertz CT molecular complexity index is 1310. The van der Waals surface area contributed by atoms with Crippen molar-refractivity contribution in [1.82, 2.24) is 9.97 Å². The smallest absolute Gasteiger partial charge is 0.334 e. The number of sulfonamides is 1. The minimum Gasteiger partial charge on any atom is -0.334 e. The van der Waals surface area contributed by atoms with Gasteiger partial charge in [-0.2, -0.15) is 13.2 Å². The zero-order valence-corrected chi connectivity index (χ0v) is 15.6. The van der Waals surface area contributed by atoms with Crippen LogP contribution in [0.1, 0.15) is 5.82 Å². The molecular formula is C20H14F3N3O2S. The number of aromatic nitrogens is 2. The largest absolute Gasteiger partial charge is 0.449 e. The summed E-state index contributed by atoms with van der Waals surface area (Å²) >= 11 is 0. The van der Waals surface area contributed by atoms with E-state index in [1.807, 2.05) is 24.3 Å². The topological polar surface area (TPSA) is 88.8 Å². The molecule has 0 atom stereocenters. The van der Waals surface area contributed by atoms with Crippen molar-refractivity contribution in [2.45, 2.75) is 11.1 Å². The lowest BCUT2D eigenvalue weighted by atomic mass is 10.0. The molecule has 9 heteroatoms. The number of H-pyrrole nitrogens is 1. The molecule has 0 amide bonds. The first-order valence-corrected chi connectivity index (χ1v) is 9.97. The van der Waals surface area contributed by atoms with Crippen molar-refractivity contribution in [3.8, 4) is 22.5 Å². The van der Waals surface area contributed by atoms with E-state index < -0.39 is 22.0 Å². The van der Waals surface area contributed by atoms with Gasteiger partial charge in [0.25, 0.3) is 0 Å². The van der Waals surface area contributed by atoms with Crippen LogP contribution < -0.4 is 5.14 Å². The second-order valence-corrected chi connectivity index (χ2v) is 8.00. The van der Waals surface area contributed by atoms with Crippen LogP contribution in [-0.2, 0) is 16.2 Å². The van der Waals surface area contributed by atoms with Gasteiger partial charge in [-0.1, -0.05) is 48.5 Å². The molecule has 1 aromatic heterocycles. The molecule has 4 rings (SSSR count). The number of primary sulfonamides is 1. The Labute approximate surface area is 164 Å². The van der Waals surface area contributed by atoms with Crippen molar-refractivity contribution in [2.24, 2.45) is 5.14 Å². The Balaban J connectivity index is 1.90. The van der Waals surface area contributed by atoms with Crippen molar-refractivity contribution < 1.29 is 21.6 Å². The predicted octanol–water partition coefficient (Wildman–Crippen LogP) is 4.56. The number of rotatable bonds is 3. The first kappa shape index (κ1) is 19.2. The molecule has 5 nitrogen and oxygen atoms in total. The van der Waals surface area contributed by atoms with Crippen LogP contribution in [0.3, 0.4) is 0 Å². The van der Waals surface area contributed by atoms with Gasteiger partial charge in [-0.05, 0) is 29.0 Å². The second-order valence-electron chi connectivity index (χ2n) is 6.44. The van der Waals surface area contributed by atoms with E-state index in [4.69, 9.17) is 5.14 Å². The molecular weight excluding hydrogens is 403 g/mol. The number of nitrogens with one attached hydrogen (secondary N) is 1. The van der Waals surface area contributed by atoms with Gasteiger partial charge in [0.1, 0.15) is 0 Å². The van der Waals surface area contributed by atoms with E-state index in [1.54, 1.807) is 18.2 Å². The number of halogens is 3. The van der Waals surface area contributed by atoms with Gasteiger partial charge in [0, 0.05) is 11.1 Å². The maximum Gasteiger partial charge on any atom is 0.449 e. The Hall–Kier alpha value is -3.17. The number of hydrogen-bond donors (Lipinski definition) is 2. The highest BCUT2D eigenvalue weighted by Gasteiger charge is 2.36. The summed E-state index contributed by atoms with van der Waals surface area (Å²) in [5.41, 5.74) is 1.10. The van der Waals surface area contributed by atoms with Gasteiger partial charge < -0.3 is 4.98 Å². The fraction of sp³-hybridized carbons (Fsp3) is 0.0500. The number of alkyl halides is 3. The van der Waals surface area contributed by atoms with Gasteiger partial charge in [0.2, 0.25) is 15.8 Å². The zero-order valence-electron chi connectivity index (χ0n) is 14.7. The van der Waals surface area contributed by atoms with Crippen LogP contribution in [0.15, 0.2) is 71.6 Å². The molecule has 0 spiro atoms. The Kier molecular flexibility index (Phi) is 4.44. The quantitative estimate of drug-likeness (QED) is 0.512. The molecule has 0 fully saturated rings. The lowest BCUT2D eigenvalue weighted by Crippen LogP contribution is -2.11. The predicted molar refractivity (Wildman–Crippen MR) is 103 cm³/mol. The number of hydrogen-bond acceptors (Lipinski definition) is 3. The molecule has 0 aliphatic heterocycles. The highest BCUT2D eigenvalue weighted by molar-refractivity contribution is 7.89. The normalized spacial score (nSPS) is 12.4. The monoisotopic (exact) mass is 417 g/mol. The van der Waals surface area contributed by atoms with Crippen LogP contribution in [0, 0.1) is 0 Å². The highest BCUT2D eigenvalue weighted by Crippen LogP contribution is 2.36. The fourth-order valence-corrected chi connectivity index (χ4v) is 3.59. The van der Waals surface area contributed by atoms with Crippen molar-refractivity contribution in [1.29, 1.82) is 0 Å². The van der Waals surface area contributed by atoms with Crippen molar-refractivity contribution >= 4 is 20.8 Å². The van der Waals surface area contributed by atoms with Gasteiger partial charge in [0.15, 0.2) is 0 Å². The van der Waals surface area contributed by atoms with Crippen LogP contribution in [-0.4, -0.2) is 18.4 Å². The summed E-state index contributed by atoms with van der Waals surface area (Å²) in [6, 6.07) is 18.0. The molecule has 148 valence electrons. The number of nitrogens with zero attached hydrogens (tertiary/aromatic N) is 1. The summed E-state index contributed by atoms with van der Waals surface area (Å²) in [4.78, 5) is 5.97. The van der Waals surface area contributed by atoms with Gasteiger partial charge in [-0.3, -0.25) is 0 Å². The van der Waals surface area contributed by atoms with Gasteiger partial charge >= 0.3 is 6.18 Å². The third-order valence-corrected chi connectivity index (χ3v) is 5.40. The lowest BCUT2D eigenvalue weighted by molar-refractivity contribution is -0.144. The number of imidazole rings is 1. The average Bonchev–Trinajstić information content (AvgIpc) is 3.13. The molecule has 0 radical (unpaired) electrons. The standard InChI is InChI=1S/C20H14F3N3O2S/c21-20(22,23)19-25-17(13-7-9-16(10-8-13)29(24,27)28)18(26-19)15-6-5-12-3-1-2-4-14(12)11-15/h1-11H,(H,25,26)(H2,24,27,28). The summed E-state index contributed by atoms with van der Waals surface area (Å²) in [5.74, 6) is -1.13. The minimum absolute atomic E-state index is 0.117. The summed E-state index contributed by atoms with van der Waals surface area (Å²) in [6.45, 7) is 0. The molecule has 3 N–H and O–H groups in total. The highest BCUT2D eigenvalue weighted by atomic mass is 32.2. The number of benzene rings is 3. The van der Waals surface area contributed by atoms with Crippen molar-refractivity contribution in [2.75, 3.05) is 0 Å². The minimum atomic E-state index is -4.66. The molecule has 0 aliphatic carbocycles. The lowest BCUT2D eigenvalue weighted by Gasteiger charge is -2.06. The van der Waals surface area contributed by atoms with E-state index >= 15 is 0 Å². The third-order valence-electron chi connectivity index (χ3n) is 4.47. The van der Waals surface area contributed by atoms with Crippen LogP contribution in [0.2, 0.25) is 0 Å². The molecule has 0 unspecified atom stereocenters. The van der Waals surface area contributed by atoms with Gasteiger partial charge in [0.05, 0.1) is 16.3 Å². The summed E-state index contributed by atoms with van der Waals surface area (Å²) in [6.07, 6.45) is -4.66. The molecule has 29 heavy (non-hydrogen) atoms. The first-order chi connectivity index (χ1) is 13.6. The molecule has 3 aromatic carbocycles. The molecule has 0 bridgehead atoms. The number of fused-ring (bicyclic) bond motifs is 1. The van der Waals surface area contributed by atoms with E-state index in [0.29, 0.717) is 11.1 Å². The van der Waals surface area contributed by atoms with E-state index in [-0.39, 0.29) is 16.3 Å². The van der Waals surface area contributed by atoms with E-state index in [2.05, 4.69) is 9.97 Å². The van der Waals surface area contributed by atoms with Crippen molar-refractivity contribution in [3.05, 3.63) is 72.6 Å². The van der Waals surface area contributed by atoms with E-state index in [9.17, 15) is 21.6 Å². The average molecular weight is 417 g/mol. The SMILES string of the molecule is NS(=O)(=O)c1ccc(-c2[nH]c(C(F)(F)F)nc2-c2ccc3ccccc3c2)cc1. The van der Waals surface area contributed by atoms with Crippen LogP contribution in [0.4, 0.5) is 13.2 Å². The van der Waals surface area contributed by atoms with Gasteiger partial charge in [-0.25, -0.2) is 18.5 Å². The molecule has 4 aromatic rings. The molecule has 0 aliphatic rings. The molecule has 0 saturated carbocycles. The first-order valence-electron chi connectivity index (χ1n) is 8.42. The van der Waals surface area contributed by atoms with Gasteiger partial charge in [-0.15, -0.1) is 0 Å². The second kappa shape index (κ2) is 6.71. The summed E-state index contributed by atoms with van der Waals surface area (Å²) in [5, 5.41) is 6.89. The zero-order chi connectivity index (χ0) is 20.8. The number of aromatic amines is 1. The third kappa shape index (κ3) is 3.74. The number of nitrogens with two attached hydrogens (primary N) is 1. The Morgan fingerprint density at radius 3 is 2.10 bits per heavy atom. The molecule has 0 saturated heterocycles. The Morgan fingerprint density at radius 1 is 0.862 bits per heavy atom. The van der Waals surface area contributed by atoms with Crippen molar-refractivity contribution in [3.63, 3.8) is 0 Å². The maximum atomic E-state index is 13.3. The van der Waals surface area contributed by atoms with Crippen LogP contribution in [0.5, 0.6) is 0 Å². The molecule has 1 heterocycles. The van der Waals surface area contributed by atoms with Crippen LogP contribution in [0.25, 0.3) is 33.3 Å². The van der Waals surface area contributed by atoms with Crippen LogP contribution >= 0.6 is 0 Å². The van der Waals surface area contributed by atoms with E-state index in [0.717, 1.165) is 10.8 Å². The van der Waals surface area contributed by atoms with E-state index in [1.165, 1.54) is 24.3 Å². The maximum absolute atomic E-state index is 13.3. The fourth-order valence-electron chi connectivity index (χ4n) is 3.07. The summed E-state index contributed by atoms with van der Waals surface area (Å²) in [7, 11) is -3.91. The summed E-state index contributed by atoms with van der Waals surface area (Å²) < 4.78 is 62.8.